The fourth-order valence-electron chi connectivity index (χ4n) is 3.41. The largest absolute Gasteiger partial charge is 0.471 e. The summed E-state index contributed by atoms with van der Waals surface area (Å²) in [5.74, 6) is 0.525. The second-order valence-electron chi connectivity index (χ2n) is 6.53. The summed E-state index contributed by atoms with van der Waals surface area (Å²) in [4.78, 5) is 14.8. The predicted octanol–water partition coefficient (Wildman–Crippen LogP) is 2.08. The lowest BCUT2D eigenvalue weighted by molar-refractivity contribution is -0.144. The zero-order valence-electron chi connectivity index (χ0n) is 14.2. The molecule has 6 nitrogen and oxygen atoms in total. The Hall–Kier alpha value is -2.47. The van der Waals surface area contributed by atoms with Crippen LogP contribution < -0.4 is 4.74 Å². The molecule has 2 atom stereocenters. The van der Waals surface area contributed by atoms with Crippen LogP contribution in [0.4, 0.5) is 0 Å². The van der Waals surface area contributed by atoms with Gasteiger partial charge in [-0.1, -0.05) is 24.3 Å². The van der Waals surface area contributed by atoms with Crippen LogP contribution in [0.5, 0.6) is 5.88 Å². The fourth-order valence-corrected chi connectivity index (χ4v) is 3.41. The average Bonchev–Trinajstić information content (AvgIpc) is 3.11. The first-order valence-electron chi connectivity index (χ1n) is 8.66. The summed E-state index contributed by atoms with van der Waals surface area (Å²) in [5, 5.41) is 8.03. The number of fused-ring (bicyclic) bond motifs is 1. The van der Waals surface area contributed by atoms with Crippen LogP contribution in [-0.4, -0.2) is 46.8 Å². The summed E-state index contributed by atoms with van der Waals surface area (Å²) in [6.07, 6.45) is 1.09. The van der Waals surface area contributed by atoms with Gasteiger partial charge < -0.3 is 14.4 Å². The highest BCUT2D eigenvalue weighted by Gasteiger charge is 2.35. The van der Waals surface area contributed by atoms with Crippen LogP contribution >= 0.6 is 0 Å². The Kier molecular flexibility index (Phi) is 4.36. The lowest BCUT2D eigenvalue weighted by Gasteiger charge is -2.28. The molecular formula is C19H21N3O3. The first kappa shape index (κ1) is 16.0. The Bertz CT molecular complexity index is 763. The minimum Gasteiger partial charge on any atom is -0.471 e. The number of aromatic nitrogens is 2. The standard InChI is InChI=1S/C19H21N3O3/c1-13-6-7-17(21-20-13)25-15-8-10-22(12-15)19(23)18-16-5-3-2-4-14(16)9-11-24-18/h2-7,15,18H,8-12H2,1H3. The number of benzene rings is 1. The topological polar surface area (TPSA) is 64.5 Å². The Balaban J connectivity index is 1.42. The molecule has 25 heavy (non-hydrogen) atoms. The number of aryl methyl sites for hydroxylation is 1. The molecule has 0 aliphatic carbocycles. The molecule has 2 aliphatic heterocycles. The molecule has 1 aromatic carbocycles. The summed E-state index contributed by atoms with van der Waals surface area (Å²) in [6, 6.07) is 11.7. The van der Waals surface area contributed by atoms with Gasteiger partial charge in [-0.25, -0.2) is 0 Å². The van der Waals surface area contributed by atoms with Gasteiger partial charge in [0.05, 0.1) is 18.8 Å². The smallest absolute Gasteiger partial charge is 0.256 e. The van der Waals surface area contributed by atoms with Gasteiger partial charge in [-0.2, -0.15) is 5.10 Å². The number of amides is 1. The third-order valence-electron chi connectivity index (χ3n) is 4.74. The van der Waals surface area contributed by atoms with E-state index in [2.05, 4.69) is 16.3 Å². The van der Waals surface area contributed by atoms with Gasteiger partial charge in [-0.3, -0.25) is 4.79 Å². The van der Waals surface area contributed by atoms with E-state index in [1.807, 2.05) is 42.2 Å². The highest BCUT2D eigenvalue weighted by Crippen LogP contribution is 2.30. The molecule has 0 bridgehead atoms. The van der Waals surface area contributed by atoms with Gasteiger partial charge in [0, 0.05) is 19.0 Å². The van der Waals surface area contributed by atoms with Crippen LogP contribution in [0.15, 0.2) is 36.4 Å². The van der Waals surface area contributed by atoms with Gasteiger partial charge in [0.15, 0.2) is 6.10 Å². The van der Waals surface area contributed by atoms with Crippen molar-refractivity contribution in [2.75, 3.05) is 19.7 Å². The van der Waals surface area contributed by atoms with Gasteiger partial charge in [0.1, 0.15) is 6.10 Å². The first-order chi connectivity index (χ1) is 12.2. The molecule has 0 radical (unpaired) electrons. The molecule has 130 valence electrons. The summed E-state index contributed by atoms with van der Waals surface area (Å²) in [5.41, 5.74) is 3.05. The maximum absolute atomic E-state index is 12.9. The summed E-state index contributed by atoms with van der Waals surface area (Å²) in [6.45, 7) is 3.69. The minimum absolute atomic E-state index is 0.0215. The van der Waals surface area contributed by atoms with E-state index >= 15 is 0 Å². The van der Waals surface area contributed by atoms with Crippen molar-refractivity contribution in [3.05, 3.63) is 53.2 Å². The third kappa shape index (κ3) is 3.35. The van der Waals surface area contributed by atoms with Gasteiger partial charge >= 0.3 is 0 Å². The van der Waals surface area contributed by atoms with Crippen molar-refractivity contribution in [1.29, 1.82) is 0 Å². The van der Waals surface area contributed by atoms with Crippen molar-refractivity contribution in [1.82, 2.24) is 15.1 Å². The van der Waals surface area contributed by atoms with E-state index in [1.54, 1.807) is 0 Å². The van der Waals surface area contributed by atoms with Crippen molar-refractivity contribution in [2.24, 2.45) is 0 Å². The molecule has 0 spiro atoms. The van der Waals surface area contributed by atoms with Crippen LogP contribution in [0.25, 0.3) is 0 Å². The zero-order chi connectivity index (χ0) is 17.2. The number of likely N-dealkylation sites (tertiary alicyclic amines) is 1. The number of rotatable bonds is 3. The van der Waals surface area contributed by atoms with Gasteiger partial charge in [0.2, 0.25) is 5.88 Å². The molecule has 4 rings (SSSR count). The summed E-state index contributed by atoms with van der Waals surface area (Å²) in [7, 11) is 0. The number of carbonyl (C=O) groups excluding carboxylic acids is 1. The second-order valence-corrected chi connectivity index (χ2v) is 6.53. The molecule has 6 heteroatoms. The quantitative estimate of drug-likeness (QED) is 0.857. The molecule has 2 unspecified atom stereocenters. The van der Waals surface area contributed by atoms with Crippen molar-refractivity contribution >= 4 is 5.91 Å². The highest BCUT2D eigenvalue weighted by molar-refractivity contribution is 5.83. The Morgan fingerprint density at radius 1 is 1.24 bits per heavy atom. The SMILES string of the molecule is Cc1ccc(OC2CCN(C(=O)C3OCCc4ccccc43)C2)nn1. The van der Waals surface area contributed by atoms with Crippen molar-refractivity contribution < 1.29 is 14.3 Å². The van der Waals surface area contributed by atoms with E-state index in [0.717, 1.165) is 24.1 Å². The van der Waals surface area contributed by atoms with Crippen molar-refractivity contribution in [2.45, 2.75) is 32.0 Å². The van der Waals surface area contributed by atoms with Gasteiger partial charge in [-0.15, -0.1) is 5.10 Å². The van der Waals surface area contributed by atoms with E-state index in [0.29, 0.717) is 25.6 Å². The maximum atomic E-state index is 12.9. The van der Waals surface area contributed by atoms with Crippen molar-refractivity contribution in [3.63, 3.8) is 0 Å². The number of carbonyl (C=O) groups is 1. The van der Waals surface area contributed by atoms with E-state index in [1.165, 1.54) is 5.56 Å². The fraction of sp³-hybridized carbons (Fsp3) is 0.421. The van der Waals surface area contributed by atoms with E-state index in [4.69, 9.17) is 9.47 Å². The van der Waals surface area contributed by atoms with Crippen LogP contribution in [0.2, 0.25) is 0 Å². The molecule has 1 fully saturated rings. The molecule has 1 saturated heterocycles. The molecule has 0 N–H and O–H groups in total. The molecule has 0 saturated carbocycles. The van der Waals surface area contributed by atoms with Crippen LogP contribution in [-0.2, 0) is 16.0 Å². The monoisotopic (exact) mass is 339 g/mol. The molecule has 1 amide bonds. The van der Waals surface area contributed by atoms with E-state index < -0.39 is 6.10 Å². The lowest BCUT2D eigenvalue weighted by atomic mass is 9.97. The third-order valence-corrected chi connectivity index (χ3v) is 4.74. The Morgan fingerprint density at radius 3 is 2.96 bits per heavy atom. The second kappa shape index (κ2) is 6.80. The molecule has 2 aliphatic rings. The minimum atomic E-state index is -0.497. The van der Waals surface area contributed by atoms with Gasteiger partial charge in [0.25, 0.3) is 5.91 Å². The van der Waals surface area contributed by atoms with Crippen LogP contribution in [0.1, 0.15) is 29.3 Å². The predicted molar refractivity (Wildman–Crippen MR) is 91.2 cm³/mol. The summed E-state index contributed by atoms with van der Waals surface area (Å²) < 4.78 is 11.7. The molecular weight excluding hydrogens is 318 g/mol. The maximum Gasteiger partial charge on any atom is 0.256 e. The average molecular weight is 339 g/mol. The first-order valence-corrected chi connectivity index (χ1v) is 8.66. The number of ether oxygens (including phenoxy) is 2. The normalized spacial score (nSPS) is 22.5. The zero-order valence-corrected chi connectivity index (χ0v) is 14.2. The number of hydrogen-bond acceptors (Lipinski definition) is 5. The Morgan fingerprint density at radius 2 is 2.12 bits per heavy atom. The number of hydrogen-bond donors (Lipinski definition) is 0. The summed E-state index contributed by atoms with van der Waals surface area (Å²) >= 11 is 0. The van der Waals surface area contributed by atoms with Crippen LogP contribution in [0, 0.1) is 6.92 Å². The van der Waals surface area contributed by atoms with Crippen LogP contribution in [0.3, 0.4) is 0 Å². The van der Waals surface area contributed by atoms with Crippen molar-refractivity contribution in [3.8, 4) is 5.88 Å². The lowest BCUT2D eigenvalue weighted by Crippen LogP contribution is -2.37. The Labute approximate surface area is 146 Å². The molecule has 1 aromatic heterocycles. The number of nitrogens with zero attached hydrogens (tertiary/aromatic N) is 3. The van der Waals surface area contributed by atoms with E-state index in [-0.39, 0.29) is 12.0 Å². The highest BCUT2D eigenvalue weighted by atomic mass is 16.5. The van der Waals surface area contributed by atoms with Gasteiger partial charge in [-0.05, 0) is 30.5 Å². The molecule has 2 aromatic rings. The molecule has 3 heterocycles. The van der Waals surface area contributed by atoms with E-state index in [9.17, 15) is 4.79 Å².